The third kappa shape index (κ3) is 3.01. The van der Waals surface area contributed by atoms with Crippen LogP contribution in [0.15, 0.2) is 29.2 Å². The number of aliphatic carboxylic acids is 1. The molecule has 108 valence electrons. The molecule has 0 spiro atoms. The number of thioether (sulfide) groups is 1. The normalized spacial score (nSPS) is 29.7. The molecule has 1 aliphatic heterocycles. The Balaban J connectivity index is 1.61. The van der Waals surface area contributed by atoms with Crippen molar-refractivity contribution < 1.29 is 9.90 Å². The highest BCUT2D eigenvalue weighted by molar-refractivity contribution is 7.99. The molecule has 4 heteroatoms. The SMILES string of the molecule is O=C(O)C1CCC(NC2CCSc3ccccc32)CC1. The Morgan fingerprint density at radius 1 is 1.15 bits per heavy atom. The van der Waals surface area contributed by atoms with Gasteiger partial charge in [0, 0.05) is 17.0 Å². The lowest BCUT2D eigenvalue weighted by Gasteiger charge is -2.33. The minimum atomic E-state index is -0.622. The lowest BCUT2D eigenvalue weighted by molar-refractivity contribution is -0.142. The molecule has 2 N–H and O–H groups in total. The number of carbonyl (C=O) groups is 1. The Hall–Kier alpha value is -1.00. The minimum Gasteiger partial charge on any atom is -0.481 e. The predicted octanol–water partition coefficient (Wildman–Crippen LogP) is 3.46. The lowest BCUT2D eigenvalue weighted by Crippen LogP contribution is -2.38. The average molecular weight is 291 g/mol. The van der Waals surface area contributed by atoms with Crippen molar-refractivity contribution in [1.82, 2.24) is 5.32 Å². The van der Waals surface area contributed by atoms with Crippen LogP contribution in [0.1, 0.15) is 43.7 Å². The Labute approximate surface area is 124 Å². The minimum absolute atomic E-state index is 0.123. The summed E-state index contributed by atoms with van der Waals surface area (Å²) in [6.45, 7) is 0. The van der Waals surface area contributed by atoms with Crippen molar-refractivity contribution in [2.75, 3.05) is 5.75 Å². The molecule has 3 rings (SSSR count). The monoisotopic (exact) mass is 291 g/mol. The molecule has 1 aliphatic carbocycles. The molecule has 20 heavy (non-hydrogen) atoms. The van der Waals surface area contributed by atoms with Gasteiger partial charge in [-0.3, -0.25) is 4.79 Å². The largest absolute Gasteiger partial charge is 0.481 e. The topological polar surface area (TPSA) is 49.3 Å². The molecule has 1 atom stereocenters. The molecule has 2 aliphatic rings. The summed E-state index contributed by atoms with van der Waals surface area (Å²) in [6, 6.07) is 9.56. The van der Waals surface area contributed by atoms with Crippen LogP contribution < -0.4 is 5.32 Å². The average Bonchev–Trinajstić information content (AvgIpc) is 2.48. The van der Waals surface area contributed by atoms with Gasteiger partial charge in [-0.05, 0) is 49.5 Å². The number of fused-ring (bicyclic) bond motifs is 1. The summed E-state index contributed by atoms with van der Waals surface area (Å²) in [5.74, 6) is 0.421. The molecule has 1 fully saturated rings. The Kier molecular flexibility index (Phi) is 4.32. The summed E-state index contributed by atoms with van der Waals surface area (Å²) in [5.41, 5.74) is 1.42. The number of hydrogen-bond donors (Lipinski definition) is 2. The van der Waals surface area contributed by atoms with Gasteiger partial charge in [-0.1, -0.05) is 18.2 Å². The lowest BCUT2D eigenvalue weighted by atomic mass is 9.85. The number of benzene rings is 1. The number of carboxylic acids is 1. The number of hydrogen-bond acceptors (Lipinski definition) is 3. The highest BCUT2D eigenvalue weighted by atomic mass is 32.2. The van der Waals surface area contributed by atoms with E-state index >= 15 is 0 Å². The van der Waals surface area contributed by atoms with Crippen molar-refractivity contribution in [3.63, 3.8) is 0 Å². The van der Waals surface area contributed by atoms with Crippen molar-refractivity contribution in [3.8, 4) is 0 Å². The van der Waals surface area contributed by atoms with Gasteiger partial charge in [0.1, 0.15) is 0 Å². The number of carboxylic acid groups (broad SMARTS) is 1. The summed E-state index contributed by atoms with van der Waals surface area (Å²) in [5, 5.41) is 12.8. The Bertz CT molecular complexity index is 483. The van der Waals surface area contributed by atoms with Crippen molar-refractivity contribution in [1.29, 1.82) is 0 Å². The first kappa shape index (κ1) is 14.0. The van der Waals surface area contributed by atoms with E-state index in [9.17, 15) is 4.79 Å². The van der Waals surface area contributed by atoms with E-state index in [2.05, 4.69) is 29.6 Å². The van der Waals surface area contributed by atoms with Gasteiger partial charge >= 0.3 is 5.97 Å². The van der Waals surface area contributed by atoms with Gasteiger partial charge in [-0.15, -0.1) is 11.8 Å². The molecule has 1 aromatic carbocycles. The van der Waals surface area contributed by atoms with Crippen LogP contribution in [0.3, 0.4) is 0 Å². The second-order valence-electron chi connectivity index (χ2n) is 5.78. The molecule has 0 radical (unpaired) electrons. The van der Waals surface area contributed by atoms with Crippen LogP contribution in [0.4, 0.5) is 0 Å². The van der Waals surface area contributed by atoms with E-state index in [1.54, 1.807) is 0 Å². The second kappa shape index (κ2) is 6.19. The standard InChI is InChI=1S/C16H21NO2S/c18-16(19)11-5-7-12(8-6-11)17-14-9-10-20-15-4-2-1-3-13(14)15/h1-4,11-12,14,17H,5-10H2,(H,18,19). The van der Waals surface area contributed by atoms with E-state index in [1.165, 1.54) is 22.6 Å². The molecule has 0 saturated heterocycles. The van der Waals surface area contributed by atoms with Crippen LogP contribution in [0.25, 0.3) is 0 Å². The van der Waals surface area contributed by atoms with E-state index in [-0.39, 0.29) is 5.92 Å². The second-order valence-corrected chi connectivity index (χ2v) is 6.92. The first-order chi connectivity index (χ1) is 9.74. The van der Waals surface area contributed by atoms with Gasteiger partial charge in [0.25, 0.3) is 0 Å². The van der Waals surface area contributed by atoms with Crippen LogP contribution in [0.2, 0.25) is 0 Å². The molecule has 0 amide bonds. The van der Waals surface area contributed by atoms with Crippen LogP contribution in [-0.4, -0.2) is 22.9 Å². The van der Waals surface area contributed by atoms with Crippen molar-refractivity contribution in [2.24, 2.45) is 5.92 Å². The molecule has 1 aromatic rings. The molecule has 1 heterocycles. The summed E-state index contributed by atoms with van der Waals surface area (Å²) in [7, 11) is 0. The van der Waals surface area contributed by atoms with Gasteiger partial charge in [0.05, 0.1) is 5.92 Å². The first-order valence-corrected chi connectivity index (χ1v) is 8.43. The third-order valence-corrected chi connectivity index (χ3v) is 5.59. The van der Waals surface area contributed by atoms with Gasteiger partial charge in [0.2, 0.25) is 0 Å². The fraction of sp³-hybridized carbons (Fsp3) is 0.562. The zero-order chi connectivity index (χ0) is 13.9. The molecule has 0 bridgehead atoms. The van der Waals surface area contributed by atoms with Crippen molar-refractivity contribution in [3.05, 3.63) is 29.8 Å². The fourth-order valence-electron chi connectivity index (χ4n) is 3.31. The zero-order valence-electron chi connectivity index (χ0n) is 11.5. The maximum Gasteiger partial charge on any atom is 0.306 e. The van der Waals surface area contributed by atoms with E-state index in [0.29, 0.717) is 12.1 Å². The highest BCUT2D eigenvalue weighted by Gasteiger charge is 2.28. The van der Waals surface area contributed by atoms with Crippen molar-refractivity contribution in [2.45, 2.75) is 49.1 Å². The van der Waals surface area contributed by atoms with E-state index in [0.717, 1.165) is 25.7 Å². The van der Waals surface area contributed by atoms with E-state index in [1.807, 2.05) is 11.8 Å². The zero-order valence-corrected chi connectivity index (χ0v) is 12.4. The number of rotatable bonds is 3. The first-order valence-electron chi connectivity index (χ1n) is 7.44. The van der Waals surface area contributed by atoms with Crippen LogP contribution in [-0.2, 0) is 4.79 Å². The van der Waals surface area contributed by atoms with Crippen molar-refractivity contribution >= 4 is 17.7 Å². The summed E-state index contributed by atoms with van der Waals surface area (Å²) >= 11 is 1.94. The summed E-state index contributed by atoms with van der Waals surface area (Å²) < 4.78 is 0. The van der Waals surface area contributed by atoms with Crippen LogP contribution >= 0.6 is 11.8 Å². The molecule has 1 unspecified atom stereocenters. The fourth-order valence-corrected chi connectivity index (χ4v) is 4.43. The summed E-state index contributed by atoms with van der Waals surface area (Å²) in [6.07, 6.45) is 4.78. The quantitative estimate of drug-likeness (QED) is 0.895. The van der Waals surface area contributed by atoms with Crippen LogP contribution in [0.5, 0.6) is 0 Å². The van der Waals surface area contributed by atoms with Gasteiger partial charge in [0.15, 0.2) is 0 Å². The molecular formula is C16H21NO2S. The van der Waals surface area contributed by atoms with E-state index in [4.69, 9.17) is 5.11 Å². The predicted molar refractivity (Wildman–Crippen MR) is 81.0 cm³/mol. The Morgan fingerprint density at radius 3 is 2.65 bits per heavy atom. The summed E-state index contributed by atoms with van der Waals surface area (Å²) in [4.78, 5) is 12.4. The highest BCUT2D eigenvalue weighted by Crippen LogP contribution is 2.37. The van der Waals surface area contributed by atoms with E-state index < -0.39 is 5.97 Å². The molecule has 3 nitrogen and oxygen atoms in total. The molecular weight excluding hydrogens is 270 g/mol. The van der Waals surface area contributed by atoms with Gasteiger partial charge in [-0.25, -0.2) is 0 Å². The molecule has 1 saturated carbocycles. The van der Waals surface area contributed by atoms with Crippen LogP contribution in [0, 0.1) is 5.92 Å². The maximum absolute atomic E-state index is 11.0. The maximum atomic E-state index is 11.0. The van der Waals surface area contributed by atoms with Gasteiger partial charge < -0.3 is 10.4 Å². The molecule has 0 aromatic heterocycles. The number of nitrogens with one attached hydrogen (secondary N) is 1. The third-order valence-electron chi connectivity index (χ3n) is 4.47. The Morgan fingerprint density at radius 2 is 1.90 bits per heavy atom. The van der Waals surface area contributed by atoms with Gasteiger partial charge in [-0.2, -0.15) is 0 Å². The smallest absolute Gasteiger partial charge is 0.306 e.